The van der Waals surface area contributed by atoms with Crippen LogP contribution < -0.4 is 5.19 Å². The van der Waals surface area contributed by atoms with Gasteiger partial charge in [0.1, 0.15) is 0 Å². The average molecular weight is 273 g/mol. The Labute approximate surface area is 93.1 Å². The van der Waals surface area contributed by atoms with Gasteiger partial charge in [-0.3, -0.25) is 0 Å². The SMILES string of the molecule is C[Si](C)(C)c1cc(Br)cc(C(=O)O)c1. The summed E-state index contributed by atoms with van der Waals surface area (Å²) in [6.07, 6.45) is 0. The van der Waals surface area contributed by atoms with Gasteiger partial charge in [-0.15, -0.1) is 0 Å². The maximum atomic E-state index is 10.8. The smallest absolute Gasteiger partial charge is 0.335 e. The van der Waals surface area contributed by atoms with Gasteiger partial charge in [-0.25, -0.2) is 4.79 Å². The number of carboxylic acids is 1. The summed E-state index contributed by atoms with van der Waals surface area (Å²) in [4.78, 5) is 10.8. The molecule has 0 aliphatic carbocycles. The van der Waals surface area contributed by atoms with Crippen LogP contribution in [0.1, 0.15) is 10.4 Å². The van der Waals surface area contributed by atoms with Crippen molar-refractivity contribution in [3.63, 3.8) is 0 Å². The first kappa shape index (κ1) is 11.5. The van der Waals surface area contributed by atoms with E-state index in [1.807, 2.05) is 6.07 Å². The number of rotatable bonds is 2. The highest BCUT2D eigenvalue weighted by molar-refractivity contribution is 9.10. The largest absolute Gasteiger partial charge is 0.478 e. The third kappa shape index (κ3) is 2.69. The van der Waals surface area contributed by atoms with Crippen molar-refractivity contribution in [3.05, 3.63) is 28.2 Å². The molecule has 1 N–H and O–H groups in total. The van der Waals surface area contributed by atoms with Gasteiger partial charge in [-0.1, -0.05) is 40.8 Å². The van der Waals surface area contributed by atoms with Crippen molar-refractivity contribution >= 4 is 35.2 Å². The molecule has 2 nitrogen and oxygen atoms in total. The van der Waals surface area contributed by atoms with Crippen LogP contribution in [0.15, 0.2) is 22.7 Å². The maximum Gasteiger partial charge on any atom is 0.335 e. The molecule has 0 unspecified atom stereocenters. The van der Waals surface area contributed by atoms with E-state index in [4.69, 9.17) is 5.11 Å². The Bertz CT molecular complexity index is 369. The summed E-state index contributed by atoms with van der Waals surface area (Å²) in [6.45, 7) is 6.58. The van der Waals surface area contributed by atoms with Crippen molar-refractivity contribution in [2.24, 2.45) is 0 Å². The molecule has 0 saturated heterocycles. The lowest BCUT2D eigenvalue weighted by molar-refractivity contribution is 0.0697. The maximum absolute atomic E-state index is 10.8. The highest BCUT2D eigenvalue weighted by Gasteiger charge is 2.18. The fourth-order valence-corrected chi connectivity index (χ4v) is 3.03. The minimum Gasteiger partial charge on any atom is -0.478 e. The van der Waals surface area contributed by atoms with Crippen LogP contribution in [0.5, 0.6) is 0 Å². The molecular formula is C10H13BrO2Si. The Hall–Kier alpha value is -0.613. The zero-order valence-corrected chi connectivity index (χ0v) is 11.1. The first-order valence-electron chi connectivity index (χ1n) is 4.35. The van der Waals surface area contributed by atoms with Crippen molar-refractivity contribution in [2.45, 2.75) is 19.6 Å². The number of carbonyl (C=O) groups is 1. The highest BCUT2D eigenvalue weighted by atomic mass is 79.9. The Balaban J connectivity index is 3.28. The molecule has 1 rings (SSSR count). The molecule has 0 fully saturated rings. The molecule has 0 aromatic heterocycles. The van der Waals surface area contributed by atoms with Gasteiger partial charge in [0.15, 0.2) is 0 Å². The minimum atomic E-state index is -1.44. The zero-order chi connectivity index (χ0) is 10.9. The summed E-state index contributed by atoms with van der Waals surface area (Å²) in [5.41, 5.74) is 0.358. The van der Waals surface area contributed by atoms with Crippen LogP contribution in [0.4, 0.5) is 0 Å². The number of hydrogen-bond acceptors (Lipinski definition) is 1. The second kappa shape index (κ2) is 3.86. The summed E-state index contributed by atoms with van der Waals surface area (Å²) in [7, 11) is -1.44. The predicted octanol–water partition coefficient (Wildman–Crippen LogP) is 2.69. The lowest BCUT2D eigenvalue weighted by Gasteiger charge is -2.17. The molecule has 0 amide bonds. The van der Waals surface area contributed by atoms with E-state index in [-0.39, 0.29) is 0 Å². The molecule has 1 aromatic carbocycles. The van der Waals surface area contributed by atoms with Crippen molar-refractivity contribution in [1.82, 2.24) is 0 Å². The Morgan fingerprint density at radius 1 is 1.29 bits per heavy atom. The van der Waals surface area contributed by atoms with Crippen molar-refractivity contribution in [3.8, 4) is 0 Å². The van der Waals surface area contributed by atoms with E-state index in [9.17, 15) is 4.79 Å². The molecule has 0 bridgehead atoms. The molecule has 0 radical (unpaired) electrons. The highest BCUT2D eigenvalue weighted by Crippen LogP contribution is 2.14. The Kier molecular flexibility index (Phi) is 3.16. The number of aromatic carboxylic acids is 1. The molecule has 0 spiro atoms. The van der Waals surface area contributed by atoms with Gasteiger partial charge in [-0.2, -0.15) is 0 Å². The van der Waals surface area contributed by atoms with Gasteiger partial charge >= 0.3 is 5.97 Å². The number of carboxylic acid groups (broad SMARTS) is 1. The lowest BCUT2D eigenvalue weighted by Crippen LogP contribution is -2.38. The van der Waals surface area contributed by atoms with E-state index in [0.717, 1.165) is 9.66 Å². The normalized spacial score (nSPS) is 11.4. The predicted molar refractivity (Wildman–Crippen MR) is 64.1 cm³/mol. The van der Waals surface area contributed by atoms with Crippen LogP contribution in [-0.2, 0) is 0 Å². The molecule has 0 aliphatic rings. The summed E-state index contributed by atoms with van der Waals surface area (Å²) >= 11 is 3.33. The fraction of sp³-hybridized carbons (Fsp3) is 0.300. The molecular weight excluding hydrogens is 260 g/mol. The molecule has 0 saturated carbocycles. The number of benzene rings is 1. The van der Waals surface area contributed by atoms with Gasteiger partial charge in [0.25, 0.3) is 0 Å². The van der Waals surface area contributed by atoms with Gasteiger partial charge in [-0.05, 0) is 18.2 Å². The molecule has 0 aliphatic heterocycles. The molecule has 0 atom stereocenters. The summed E-state index contributed by atoms with van der Waals surface area (Å²) in [6, 6.07) is 5.42. The molecule has 1 aromatic rings. The fourth-order valence-electron chi connectivity index (χ4n) is 1.15. The van der Waals surface area contributed by atoms with Crippen LogP contribution in [0.3, 0.4) is 0 Å². The summed E-state index contributed by atoms with van der Waals surface area (Å²) in [5, 5.41) is 10.1. The Morgan fingerprint density at radius 3 is 2.29 bits per heavy atom. The third-order valence-corrected chi connectivity index (χ3v) is 4.49. The van der Waals surface area contributed by atoms with E-state index in [0.29, 0.717) is 5.56 Å². The third-order valence-electron chi connectivity index (χ3n) is 2.01. The van der Waals surface area contributed by atoms with Crippen LogP contribution in [0.2, 0.25) is 19.6 Å². The molecule has 14 heavy (non-hydrogen) atoms. The van der Waals surface area contributed by atoms with E-state index >= 15 is 0 Å². The topological polar surface area (TPSA) is 37.3 Å². The van der Waals surface area contributed by atoms with E-state index in [1.54, 1.807) is 12.1 Å². The monoisotopic (exact) mass is 272 g/mol. The first-order chi connectivity index (χ1) is 6.30. The molecule has 76 valence electrons. The standard InChI is InChI=1S/C10H13BrO2Si/c1-14(2,3)9-5-7(10(12)13)4-8(11)6-9/h4-6H,1-3H3,(H,12,13). The van der Waals surface area contributed by atoms with Gasteiger partial charge in [0.2, 0.25) is 0 Å². The van der Waals surface area contributed by atoms with Crippen molar-refractivity contribution in [1.29, 1.82) is 0 Å². The summed E-state index contributed by atoms with van der Waals surface area (Å²) < 4.78 is 0.842. The van der Waals surface area contributed by atoms with E-state index < -0.39 is 14.0 Å². The second-order valence-electron chi connectivity index (χ2n) is 4.28. The number of hydrogen-bond donors (Lipinski definition) is 1. The first-order valence-corrected chi connectivity index (χ1v) is 8.64. The average Bonchev–Trinajstić information content (AvgIpc) is 2.01. The van der Waals surface area contributed by atoms with Crippen molar-refractivity contribution < 1.29 is 9.90 Å². The molecule has 4 heteroatoms. The van der Waals surface area contributed by atoms with Gasteiger partial charge in [0, 0.05) is 4.47 Å². The van der Waals surface area contributed by atoms with Gasteiger partial charge < -0.3 is 5.11 Å². The quantitative estimate of drug-likeness (QED) is 0.841. The van der Waals surface area contributed by atoms with E-state index in [2.05, 4.69) is 35.6 Å². The van der Waals surface area contributed by atoms with Crippen LogP contribution >= 0.6 is 15.9 Å². The summed E-state index contributed by atoms with van der Waals surface area (Å²) in [5.74, 6) is -0.870. The van der Waals surface area contributed by atoms with Crippen LogP contribution in [0, 0.1) is 0 Å². The lowest BCUT2D eigenvalue weighted by atomic mass is 10.2. The van der Waals surface area contributed by atoms with Crippen LogP contribution in [0.25, 0.3) is 0 Å². The number of halogens is 1. The van der Waals surface area contributed by atoms with Crippen LogP contribution in [-0.4, -0.2) is 19.1 Å². The Morgan fingerprint density at radius 2 is 1.86 bits per heavy atom. The van der Waals surface area contributed by atoms with Gasteiger partial charge in [0.05, 0.1) is 13.6 Å². The second-order valence-corrected chi connectivity index (χ2v) is 10.3. The minimum absolute atomic E-state index is 0.358. The van der Waals surface area contributed by atoms with Crippen molar-refractivity contribution in [2.75, 3.05) is 0 Å². The zero-order valence-electron chi connectivity index (χ0n) is 8.47. The van der Waals surface area contributed by atoms with E-state index in [1.165, 1.54) is 0 Å². The molecule has 0 heterocycles.